The number of aryl methyl sites for hydroxylation is 1. The van der Waals surface area contributed by atoms with E-state index in [1.165, 1.54) is 32.3 Å². The summed E-state index contributed by atoms with van der Waals surface area (Å²) in [6, 6.07) is 15.4. The molecule has 136 valence electrons. The molecule has 2 heterocycles. The number of nitrogens with zero attached hydrogens (tertiary/aromatic N) is 2. The van der Waals surface area contributed by atoms with Gasteiger partial charge in [0.15, 0.2) is 4.34 Å². The Balaban J connectivity index is 1.53. The minimum absolute atomic E-state index is 0.189. The Labute approximate surface area is 164 Å². The third-order valence-corrected chi connectivity index (χ3v) is 7.52. The van der Waals surface area contributed by atoms with Crippen LogP contribution in [0.4, 0.5) is 5.69 Å². The first-order chi connectivity index (χ1) is 12.4. The van der Waals surface area contributed by atoms with Gasteiger partial charge >= 0.3 is 0 Å². The molecule has 0 saturated heterocycles. The largest absolute Gasteiger partial charge is 0.365 e. The van der Waals surface area contributed by atoms with Crippen molar-refractivity contribution in [2.24, 2.45) is 0 Å². The van der Waals surface area contributed by atoms with Gasteiger partial charge < -0.3 is 4.90 Å². The summed E-state index contributed by atoms with van der Waals surface area (Å²) in [7, 11) is 0. The van der Waals surface area contributed by atoms with Crippen molar-refractivity contribution < 1.29 is 0 Å². The molecule has 3 aromatic rings. The molecule has 1 aliphatic rings. The lowest BCUT2D eigenvalue weighted by Crippen LogP contribution is -2.49. The summed E-state index contributed by atoms with van der Waals surface area (Å²) in [5, 5.41) is 0. The fraction of sp³-hybridized carbons (Fsp3) is 0.409. The van der Waals surface area contributed by atoms with E-state index >= 15 is 0 Å². The van der Waals surface area contributed by atoms with Gasteiger partial charge in [0.2, 0.25) is 0 Å². The van der Waals surface area contributed by atoms with Gasteiger partial charge in [-0.3, -0.25) is 0 Å². The molecule has 0 fully saturated rings. The maximum atomic E-state index is 4.77. The molecule has 0 amide bonds. The number of fused-ring (bicyclic) bond motifs is 2. The lowest BCUT2D eigenvalue weighted by atomic mass is 9.80. The maximum Gasteiger partial charge on any atom is 0.151 e. The Bertz CT molecular complexity index is 896. The van der Waals surface area contributed by atoms with Gasteiger partial charge in [-0.25, -0.2) is 4.98 Å². The molecule has 0 saturated carbocycles. The molecule has 0 bridgehead atoms. The van der Waals surface area contributed by atoms with Crippen LogP contribution in [0.1, 0.15) is 44.2 Å². The van der Waals surface area contributed by atoms with Gasteiger partial charge in [0.25, 0.3) is 0 Å². The van der Waals surface area contributed by atoms with Crippen molar-refractivity contribution in [1.82, 2.24) is 4.98 Å². The van der Waals surface area contributed by atoms with Gasteiger partial charge in [0, 0.05) is 23.5 Å². The minimum Gasteiger partial charge on any atom is -0.365 e. The van der Waals surface area contributed by atoms with Crippen molar-refractivity contribution in [3.05, 3.63) is 53.6 Å². The van der Waals surface area contributed by atoms with Crippen molar-refractivity contribution in [3.8, 4) is 0 Å². The molecule has 4 rings (SSSR count). The molecule has 1 aliphatic heterocycles. The van der Waals surface area contributed by atoms with Crippen molar-refractivity contribution >= 4 is 39.0 Å². The predicted molar refractivity (Wildman–Crippen MR) is 116 cm³/mol. The molecule has 1 atom stereocenters. The lowest BCUT2D eigenvalue weighted by Gasteiger charge is -2.47. The van der Waals surface area contributed by atoms with Crippen LogP contribution in [0, 0.1) is 6.92 Å². The van der Waals surface area contributed by atoms with Gasteiger partial charge in [0.05, 0.1) is 10.2 Å². The van der Waals surface area contributed by atoms with Gasteiger partial charge in [-0.1, -0.05) is 43.0 Å². The number of benzene rings is 2. The highest BCUT2D eigenvalue weighted by atomic mass is 32.2. The maximum absolute atomic E-state index is 4.77. The molecule has 1 unspecified atom stereocenters. The normalized spacial score (nSPS) is 18.9. The first-order valence-corrected chi connectivity index (χ1v) is 11.1. The van der Waals surface area contributed by atoms with Gasteiger partial charge in [0.1, 0.15) is 0 Å². The number of para-hydroxylation sites is 1. The molecule has 0 aliphatic carbocycles. The third-order valence-electron chi connectivity index (χ3n) is 5.36. The Hall–Kier alpha value is -1.52. The van der Waals surface area contributed by atoms with Crippen LogP contribution in [0.3, 0.4) is 0 Å². The van der Waals surface area contributed by atoms with E-state index in [2.05, 4.69) is 75.1 Å². The number of hydrogen-bond acceptors (Lipinski definition) is 4. The predicted octanol–water partition coefficient (Wildman–Crippen LogP) is 6.49. The third kappa shape index (κ3) is 3.37. The van der Waals surface area contributed by atoms with Gasteiger partial charge in [-0.2, -0.15) is 0 Å². The molecule has 0 spiro atoms. The Kier molecular flexibility index (Phi) is 4.74. The van der Waals surface area contributed by atoms with E-state index in [0.717, 1.165) is 17.8 Å². The number of anilines is 1. The SMILES string of the molecule is Cc1ccc2c(c1)N(CCSc1nc3ccccc3s1)C(C)(C)CC2C. The first-order valence-electron chi connectivity index (χ1n) is 9.30. The van der Waals surface area contributed by atoms with Crippen molar-refractivity contribution in [2.45, 2.75) is 49.9 Å². The molecule has 1 aromatic heterocycles. The topological polar surface area (TPSA) is 16.1 Å². The fourth-order valence-corrected chi connectivity index (χ4v) is 6.22. The van der Waals surface area contributed by atoms with Crippen LogP contribution in [0.15, 0.2) is 46.8 Å². The fourth-order valence-electron chi connectivity index (χ4n) is 4.16. The van der Waals surface area contributed by atoms with Crippen molar-refractivity contribution in [1.29, 1.82) is 0 Å². The van der Waals surface area contributed by atoms with Crippen LogP contribution in [0.25, 0.3) is 10.2 Å². The first kappa shape index (κ1) is 17.9. The van der Waals surface area contributed by atoms with Crippen LogP contribution < -0.4 is 4.90 Å². The zero-order valence-electron chi connectivity index (χ0n) is 16.0. The summed E-state index contributed by atoms with van der Waals surface area (Å²) < 4.78 is 2.46. The number of thiazole rings is 1. The summed E-state index contributed by atoms with van der Waals surface area (Å²) in [5.41, 5.74) is 5.58. The van der Waals surface area contributed by atoms with E-state index in [1.807, 2.05) is 11.8 Å². The van der Waals surface area contributed by atoms with Gasteiger partial charge in [-0.15, -0.1) is 11.3 Å². The zero-order chi connectivity index (χ0) is 18.3. The van der Waals surface area contributed by atoms with Crippen LogP contribution in [0.5, 0.6) is 0 Å². The average Bonchev–Trinajstić information content (AvgIpc) is 2.99. The molecule has 0 radical (unpaired) electrons. The monoisotopic (exact) mass is 382 g/mol. The molecule has 2 aromatic carbocycles. The van der Waals surface area contributed by atoms with Crippen LogP contribution in [-0.2, 0) is 0 Å². The van der Waals surface area contributed by atoms with Gasteiger partial charge in [-0.05, 0) is 62.4 Å². The highest BCUT2D eigenvalue weighted by molar-refractivity contribution is 8.01. The Morgan fingerprint density at radius 2 is 2.04 bits per heavy atom. The second-order valence-corrected chi connectivity index (χ2v) is 10.3. The summed E-state index contributed by atoms with van der Waals surface area (Å²) in [6.45, 7) is 10.4. The molecule has 4 heteroatoms. The summed E-state index contributed by atoms with van der Waals surface area (Å²) >= 11 is 3.69. The van der Waals surface area contributed by atoms with E-state index in [9.17, 15) is 0 Å². The average molecular weight is 383 g/mol. The lowest BCUT2D eigenvalue weighted by molar-refractivity contribution is 0.382. The van der Waals surface area contributed by atoms with Crippen molar-refractivity contribution in [2.75, 3.05) is 17.2 Å². The van der Waals surface area contributed by atoms with E-state index < -0.39 is 0 Å². The number of aromatic nitrogens is 1. The van der Waals surface area contributed by atoms with E-state index in [0.29, 0.717) is 5.92 Å². The number of rotatable bonds is 4. The van der Waals surface area contributed by atoms with Crippen LogP contribution >= 0.6 is 23.1 Å². The highest BCUT2D eigenvalue weighted by Gasteiger charge is 2.35. The highest BCUT2D eigenvalue weighted by Crippen LogP contribution is 2.43. The molecule has 26 heavy (non-hydrogen) atoms. The molecule has 0 N–H and O–H groups in total. The van der Waals surface area contributed by atoms with Crippen LogP contribution in [-0.4, -0.2) is 22.8 Å². The Morgan fingerprint density at radius 1 is 1.23 bits per heavy atom. The Morgan fingerprint density at radius 3 is 2.85 bits per heavy atom. The van der Waals surface area contributed by atoms with Crippen molar-refractivity contribution in [3.63, 3.8) is 0 Å². The second-order valence-electron chi connectivity index (χ2n) is 7.93. The summed E-state index contributed by atoms with van der Waals surface area (Å²) in [5.74, 6) is 1.68. The summed E-state index contributed by atoms with van der Waals surface area (Å²) in [6.07, 6.45) is 1.20. The van der Waals surface area contributed by atoms with Crippen LogP contribution in [0.2, 0.25) is 0 Å². The van der Waals surface area contributed by atoms with E-state index in [1.54, 1.807) is 11.3 Å². The number of thioether (sulfide) groups is 1. The molecule has 2 nitrogen and oxygen atoms in total. The summed E-state index contributed by atoms with van der Waals surface area (Å²) in [4.78, 5) is 7.39. The standard InChI is InChI=1S/C22H26N2S2/c1-15-9-10-17-16(2)14-22(3,4)24(19(17)13-15)11-12-25-21-23-18-7-5-6-8-20(18)26-21/h5-10,13,16H,11-12,14H2,1-4H3. The zero-order valence-corrected chi connectivity index (χ0v) is 17.6. The molecular weight excluding hydrogens is 356 g/mol. The second kappa shape index (κ2) is 6.90. The smallest absolute Gasteiger partial charge is 0.151 e. The molecular formula is C22H26N2S2. The van der Waals surface area contributed by atoms with E-state index in [4.69, 9.17) is 4.98 Å². The number of hydrogen-bond donors (Lipinski definition) is 0. The quantitative estimate of drug-likeness (QED) is 0.480. The minimum atomic E-state index is 0.189. The van der Waals surface area contributed by atoms with E-state index in [-0.39, 0.29) is 5.54 Å².